The molecule has 0 spiro atoms. The molecule has 0 radical (unpaired) electrons. The Bertz CT molecular complexity index is 576. The number of carboxylic acids is 2. The second kappa shape index (κ2) is 7.59. The summed E-state index contributed by atoms with van der Waals surface area (Å²) >= 11 is 0. The highest BCUT2D eigenvalue weighted by molar-refractivity contribution is 5.94. The number of carbonyl (C=O) groups is 3. The van der Waals surface area contributed by atoms with Gasteiger partial charge in [0.15, 0.2) is 0 Å². The molecule has 0 unspecified atom stereocenters. The van der Waals surface area contributed by atoms with Crippen LogP contribution in [0.1, 0.15) is 35.3 Å². The van der Waals surface area contributed by atoms with E-state index in [0.717, 1.165) is 0 Å². The number of pyridine rings is 1. The van der Waals surface area contributed by atoms with E-state index >= 15 is 0 Å². The highest BCUT2D eigenvalue weighted by atomic mass is 16.4. The van der Waals surface area contributed by atoms with Gasteiger partial charge in [-0.05, 0) is 25.0 Å². The van der Waals surface area contributed by atoms with Crippen LogP contribution in [0, 0.1) is 11.3 Å². The molecule has 0 saturated heterocycles. The van der Waals surface area contributed by atoms with E-state index in [4.69, 9.17) is 15.5 Å². The Kier molecular flexibility index (Phi) is 5.82. The smallest absolute Gasteiger partial charge is 0.326 e. The molecule has 1 amide bonds. The van der Waals surface area contributed by atoms with Gasteiger partial charge in [0.2, 0.25) is 0 Å². The SMILES string of the molecule is N#Cc1ccc(C(=O)N[C@H](CCCC(=O)O)C(=O)O)nc1. The van der Waals surface area contributed by atoms with Crippen LogP contribution in [0.4, 0.5) is 0 Å². The number of carboxylic acid groups (broad SMARTS) is 2. The maximum absolute atomic E-state index is 11.8. The molecule has 8 nitrogen and oxygen atoms in total. The predicted octanol–water partition coefficient (Wildman–Crippen LogP) is 0.391. The fraction of sp³-hybridized carbons (Fsp3) is 0.308. The van der Waals surface area contributed by atoms with Crippen molar-refractivity contribution >= 4 is 17.8 Å². The van der Waals surface area contributed by atoms with Gasteiger partial charge in [0, 0.05) is 12.6 Å². The lowest BCUT2D eigenvalue weighted by Gasteiger charge is -2.13. The Morgan fingerprint density at radius 2 is 2.05 bits per heavy atom. The summed E-state index contributed by atoms with van der Waals surface area (Å²) in [4.78, 5) is 37.0. The van der Waals surface area contributed by atoms with Crippen LogP contribution in [0.15, 0.2) is 18.3 Å². The maximum Gasteiger partial charge on any atom is 0.326 e. The minimum absolute atomic E-state index is 0.00362. The number of carbonyl (C=O) groups excluding carboxylic acids is 1. The van der Waals surface area contributed by atoms with Gasteiger partial charge < -0.3 is 15.5 Å². The zero-order chi connectivity index (χ0) is 15.8. The second-order valence-electron chi connectivity index (χ2n) is 4.19. The van der Waals surface area contributed by atoms with Crippen LogP contribution in [-0.2, 0) is 9.59 Å². The van der Waals surface area contributed by atoms with E-state index in [0.29, 0.717) is 0 Å². The van der Waals surface area contributed by atoms with Crippen LogP contribution >= 0.6 is 0 Å². The summed E-state index contributed by atoms with van der Waals surface area (Å²) in [5.74, 6) is -2.97. The average molecular weight is 291 g/mol. The van der Waals surface area contributed by atoms with Gasteiger partial charge in [-0.25, -0.2) is 9.78 Å². The lowest BCUT2D eigenvalue weighted by molar-refractivity contribution is -0.140. The van der Waals surface area contributed by atoms with Gasteiger partial charge in [-0.1, -0.05) is 0 Å². The van der Waals surface area contributed by atoms with E-state index < -0.39 is 23.9 Å². The molecule has 1 atom stereocenters. The number of aliphatic carboxylic acids is 2. The van der Waals surface area contributed by atoms with Crippen molar-refractivity contribution in [1.82, 2.24) is 10.3 Å². The van der Waals surface area contributed by atoms with E-state index in [9.17, 15) is 14.4 Å². The third-order valence-corrected chi connectivity index (χ3v) is 2.61. The molecular formula is C13H13N3O5. The van der Waals surface area contributed by atoms with Crippen molar-refractivity contribution < 1.29 is 24.6 Å². The van der Waals surface area contributed by atoms with Crippen LogP contribution in [0.5, 0.6) is 0 Å². The maximum atomic E-state index is 11.8. The van der Waals surface area contributed by atoms with E-state index in [1.165, 1.54) is 18.3 Å². The molecule has 0 fully saturated rings. The van der Waals surface area contributed by atoms with Crippen LogP contribution in [0.3, 0.4) is 0 Å². The largest absolute Gasteiger partial charge is 0.481 e. The fourth-order valence-corrected chi connectivity index (χ4v) is 1.54. The molecule has 3 N–H and O–H groups in total. The molecule has 1 rings (SSSR count). The zero-order valence-electron chi connectivity index (χ0n) is 10.9. The Morgan fingerprint density at radius 1 is 1.33 bits per heavy atom. The first-order valence-electron chi connectivity index (χ1n) is 6.05. The molecule has 0 aliphatic heterocycles. The number of nitrogens with zero attached hydrogens (tertiary/aromatic N) is 2. The number of amides is 1. The van der Waals surface area contributed by atoms with Crippen LogP contribution < -0.4 is 5.32 Å². The van der Waals surface area contributed by atoms with Crippen molar-refractivity contribution in [3.05, 3.63) is 29.6 Å². The van der Waals surface area contributed by atoms with Gasteiger partial charge in [-0.2, -0.15) is 5.26 Å². The third-order valence-electron chi connectivity index (χ3n) is 2.61. The number of hydrogen-bond donors (Lipinski definition) is 3. The lowest BCUT2D eigenvalue weighted by atomic mass is 10.1. The van der Waals surface area contributed by atoms with Crippen LogP contribution in [0.2, 0.25) is 0 Å². The molecule has 0 bridgehead atoms. The van der Waals surface area contributed by atoms with Gasteiger partial charge in [0.1, 0.15) is 17.8 Å². The molecule has 21 heavy (non-hydrogen) atoms. The quantitative estimate of drug-likeness (QED) is 0.659. The number of aromatic nitrogens is 1. The Hall–Kier alpha value is -2.95. The first kappa shape index (κ1) is 16.1. The fourth-order valence-electron chi connectivity index (χ4n) is 1.54. The summed E-state index contributed by atoms with van der Waals surface area (Å²) in [6, 6.07) is 3.36. The minimum atomic E-state index is -1.25. The van der Waals surface area contributed by atoms with E-state index in [2.05, 4.69) is 10.3 Å². The Labute approximate surface area is 120 Å². The number of hydrogen-bond acceptors (Lipinski definition) is 5. The number of nitrogens with one attached hydrogen (secondary N) is 1. The lowest BCUT2D eigenvalue weighted by Crippen LogP contribution is -2.41. The monoisotopic (exact) mass is 291 g/mol. The Balaban J connectivity index is 2.65. The molecule has 0 aliphatic rings. The zero-order valence-corrected chi connectivity index (χ0v) is 10.9. The number of nitriles is 1. The average Bonchev–Trinajstić information content (AvgIpc) is 2.45. The van der Waals surface area contributed by atoms with E-state index in [1.54, 1.807) is 0 Å². The van der Waals surface area contributed by atoms with Crippen molar-refractivity contribution in [3.63, 3.8) is 0 Å². The molecule has 0 aromatic carbocycles. The van der Waals surface area contributed by atoms with Gasteiger partial charge in [0.05, 0.1) is 5.56 Å². The summed E-state index contributed by atoms with van der Waals surface area (Å²) < 4.78 is 0. The highest BCUT2D eigenvalue weighted by Crippen LogP contribution is 2.04. The first-order chi connectivity index (χ1) is 9.93. The molecule has 0 saturated carbocycles. The van der Waals surface area contributed by atoms with Gasteiger partial charge in [-0.3, -0.25) is 9.59 Å². The molecule has 1 heterocycles. The highest BCUT2D eigenvalue weighted by Gasteiger charge is 2.21. The standard InChI is InChI=1S/C13H13N3O5/c14-6-8-4-5-9(15-7-8)12(19)16-10(13(20)21)2-1-3-11(17)18/h4-5,7,10H,1-3H2,(H,16,19)(H,17,18)(H,20,21)/t10-/m1/s1. The third kappa shape index (κ3) is 5.28. The summed E-state index contributed by atoms with van der Waals surface area (Å²) in [5, 5.41) is 28.4. The first-order valence-corrected chi connectivity index (χ1v) is 6.05. The summed E-state index contributed by atoms with van der Waals surface area (Å²) in [6.07, 6.45) is 1.17. The molecule has 1 aromatic heterocycles. The Morgan fingerprint density at radius 3 is 2.52 bits per heavy atom. The van der Waals surface area contributed by atoms with Crippen molar-refractivity contribution in [2.24, 2.45) is 0 Å². The normalized spacial score (nSPS) is 11.2. The van der Waals surface area contributed by atoms with Crippen LogP contribution in [-0.4, -0.2) is 39.1 Å². The van der Waals surface area contributed by atoms with E-state index in [1.807, 2.05) is 6.07 Å². The second-order valence-corrected chi connectivity index (χ2v) is 4.19. The molecular weight excluding hydrogens is 278 g/mol. The molecule has 110 valence electrons. The van der Waals surface area contributed by atoms with E-state index in [-0.39, 0.29) is 30.5 Å². The molecule has 8 heteroatoms. The summed E-state index contributed by atoms with van der Waals surface area (Å²) in [5.41, 5.74) is 0.265. The van der Waals surface area contributed by atoms with Crippen molar-refractivity contribution in [2.75, 3.05) is 0 Å². The summed E-state index contributed by atoms with van der Waals surface area (Å²) in [6.45, 7) is 0. The predicted molar refractivity (Wildman–Crippen MR) is 69.3 cm³/mol. The molecule has 1 aromatic rings. The van der Waals surface area contributed by atoms with Gasteiger partial charge >= 0.3 is 11.9 Å². The summed E-state index contributed by atoms with van der Waals surface area (Å²) in [7, 11) is 0. The minimum Gasteiger partial charge on any atom is -0.481 e. The number of rotatable bonds is 7. The molecule has 0 aliphatic carbocycles. The van der Waals surface area contributed by atoms with Gasteiger partial charge in [-0.15, -0.1) is 0 Å². The van der Waals surface area contributed by atoms with Crippen molar-refractivity contribution in [2.45, 2.75) is 25.3 Å². The van der Waals surface area contributed by atoms with Crippen molar-refractivity contribution in [1.29, 1.82) is 5.26 Å². The topological polar surface area (TPSA) is 140 Å². The van der Waals surface area contributed by atoms with Crippen LogP contribution in [0.25, 0.3) is 0 Å². The van der Waals surface area contributed by atoms with Crippen molar-refractivity contribution in [3.8, 4) is 6.07 Å². The van der Waals surface area contributed by atoms with Gasteiger partial charge in [0.25, 0.3) is 5.91 Å².